The Morgan fingerprint density at radius 2 is 1.71 bits per heavy atom. The molecule has 0 fully saturated rings. The van der Waals surface area contributed by atoms with Crippen LogP contribution in [-0.4, -0.2) is 30.4 Å². The van der Waals surface area contributed by atoms with Crippen molar-refractivity contribution < 1.29 is 14.3 Å². The fraction of sp³-hybridized carbons (Fsp3) is 0.231. The number of benzene rings is 3. The van der Waals surface area contributed by atoms with Crippen molar-refractivity contribution >= 4 is 11.8 Å². The Hall–Kier alpha value is -3.60. The lowest BCUT2D eigenvalue weighted by Gasteiger charge is -2.45. The minimum atomic E-state index is -0.468. The molecule has 2 aliphatic rings. The Labute approximate surface area is 181 Å². The lowest BCUT2D eigenvalue weighted by Crippen LogP contribution is -2.50. The molecular weight excluding hydrogens is 388 g/mol. The average molecular weight is 412 g/mol. The first kappa shape index (κ1) is 19.4. The summed E-state index contributed by atoms with van der Waals surface area (Å²) in [7, 11) is 1.63. The second-order valence-corrected chi connectivity index (χ2v) is 7.99. The summed E-state index contributed by atoms with van der Waals surface area (Å²) in [5, 5.41) is 3.11. The zero-order valence-electron chi connectivity index (χ0n) is 17.4. The predicted molar refractivity (Wildman–Crippen MR) is 118 cm³/mol. The van der Waals surface area contributed by atoms with Crippen LogP contribution in [0.25, 0.3) is 0 Å². The highest BCUT2D eigenvalue weighted by molar-refractivity contribution is 6.01. The van der Waals surface area contributed by atoms with E-state index in [2.05, 4.69) is 11.4 Å². The van der Waals surface area contributed by atoms with Gasteiger partial charge in [-0.15, -0.1) is 0 Å². The summed E-state index contributed by atoms with van der Waals surface area (Å²) in [6.45, 7) is 0.981. The molecule has 31 heavy (non-hydrogen) atoms. The quantitative estimate of drug-likeness (QED) is 0.708. The molecular formula is C26H24N2O3. The van der Waals surface area contributed by atoms with Crippen LogP contribution in [0.1, 0.15) is 44.6 Å². The highest BCUT2D eigenvalue weighted by Gasteiger charge is 2.46. The zero-order chi connectivity index (χ0) is 21.4. The molecule has 0 saturated heterocycles. The van der Waals surface area contributed by atoms with E-state index in [-0.39, 0.29) is 17.9 Å². The normalized spacial score (nSPS) is 19.1. The molecule has 0 spiro atoms. The molecule has 0 bridgehead atoms. The second-order valence-electron chi connectivity index (χ2n) is 7.99. The molecule has 5 rings (SSSR count). The van der Waals surface area contributed by atoms with Crippen LogP contribution >= 0.6 is 0 Å². The van der Waals surface area contributed by atoms with Crippen LogP contribution in [0.2, 0.25) is 0 Å². The van der Waals surface area contributed by atoms with E-state index >= 15 is 0 Å². The van der Waals surface area contributed by atoms with Gasteiger partial charge in [-0.05, 0) is 35.2 Å². The van der Waals surface area contributed by atoms with Crippen molar-refractivity contribution in [3.63, 3.8) is 0 Å². The third-order valence-corrected chi connectivity index (χ3v) is 6.36. The maximum atomic E-state index is 13.6. The number of hydrogen-bond acceptors (Lipinski definition) is 3. The predicted octanol–water partition coefficient (Wildman–Crippen LogP) is 3.85. The fourth-order valence-corrected chi connectivity index (χ4v) is 4.90. The van der Waals surface area contributed by atoms with Gasteiger partial charge in [-0.1, -0.05) is 60.7 Å². The highest BCUT2D eigenvalue weighted by atomic mass is 16.5. The van der Waals surface area contributed by atoms with E-state index in [1.54, 1.807) is 7.11 Å². The molecule has 3 aromatic carbocycles. The number of hydrogen-bond donors (Lipinski definition) is 1. The monoisotopic (exact) mass is 412 g/mol. The molecule has 2 aliphatic heterocycles. The van der Waals surface area contributed by atoms with Gasteiger partial charge in [0.1, 0.15) is 5.75 Å². The van der Waals surface area contributed by atoms with Gasteiger partial charge in [0.2, 0.25) is 5.91 Å². The standard InChI is InChI=1S/C26H24N2O3/c1-31-22-13-7-3-9-18(22)16-27-25(29)23-20-11-5-6-12-21(20)26(30)28-15-14-17-8-2-4-10-19(17)24(23)28/h2-13,23-24H,14-16H2,1H3,(H,27,29). The number of methoxy groups -OCH3 is 1. The van der Waals surface area contributed by atoms with E-state index in [0.29, 0.717) is 18.7 Å². The molecule has 0 saturated carbocycles. The number of fused-ring (bicyclic) bond motifs is 4. The third kappa shape index (κ3) is 3.26. The van der Waals surface area contributed by atoms with Gasteiger partial charge in [-0.25, -0.2) is 0 Å². The Bertz CT molecular complexity index is 1160. The van der Waals surface area contributed by atoms with Crippen molar-refractivity contribution in [2.75, 3.05) is 13.7 Å². The van der Waals surface area contributed by atoms with Crippen LogP contribution in [0.4, 0.5) is 0 Å². The van der Waals surface area contributed by atoms with Crippen molar-refractivity contribution in [3.05, 3.63) is 101 Å². The highest BCUT2D eigenvalue weighted by Crippen LogP contribution is 2.45. The molecule has 2 heterocycles. The first-order chi connectivity index (χ1) is 15.2. The van der Waals surface area contributed by atoms with Crippen molar-refractivity contribution in [1.29, 1.82) is 0 Å². The summed E-state index contributed by atoms with van der Waals surface area (Å²) in [5.74, 6) is 0.193. The Balaban J connectivity index is 1.54. The molecule has 2 unspecified atom stereocenters. The number of ether oxygens (including phenoxy) is 1. The fourth-order valence-electron chi connectivity index (χ4n) is 4.90. The second kappa shape index (κ2) is 7.91. The van der Waals surface area contributed by atoms with Gasteiger partial charge >= 0.3 is 0 Å². The van der Waals surface area contributed by atoms with Crippen LogP contribution in [0.15, 0.2) is 72.8 Å². The van der Waals surface area contributed by atoms with E-state index in [0.717, 1.165) is 28.9 Å². The minimum absolute atomic E-state index is 0.00359. The van der Waals surface area contributed by atoms with Gasteiger partial charge in [0, 0.05) is 24.2 Å². The van der Waals surface area contributed by atoms with Crippen LogP contribution in [-0.2, 0) is 17.8 Å². The van der Waals surface area contributed by atoms with Crippen LogP contribution in [0.3, 0.4) is 0 Å². The Morgan fingerprint density at radius 3 is 2.55 bits per heavy atom. The number of amides is 2. The van der Waals surface area contributed by atoms with Gasteiger partial charge in [-0.3, -0.25) is 9.59 Å². The lowest BCUT2D eigenvalue weighted by atomic mass is 9.76. The van der Waals surface area contributed by atoms with Crippen molar-refractivity contribution in [2.45, 2.75) is 24.9 Å². The number of carbonyl (C=O) groups excluding carboxylic acids is 2. The van der Waals surface area contributed by atoms with Crippen LogP contribution in [0, 0.1) is 0 Å². The molecule has 2 atom stereocenters. The van der Waals surface area contributed by atoms with E-state index in [1.165, 1.54) is 5.56 Å². The van der Waals surface area contributed by atoms with Crippen molar-refractivity contribution in [1.82, 2.24) is 10.2 Å². The van der Waals surface area contributed by atoms with E-state index < -0.39 is 5.92 Å². The first-order valence-corrected chi connectivity index (χ1v) is 10.6. The average Bonchev–Trinajstić information content (AvgIpc) is 2.83. The summed E-state index contributed by atoms with van der Waals surface area (Å²) < 4.78 is 5.42. The first-order valence-electron chi connectivity index (χ1n) is 10.6. The number of nitrogens with zero attached hydrogens (tertiary/aromatic N) is 1. The van der Waals surface area contributed by atoms with Crippen LogP contribution in [0.5, 0.6) is 5.75 Å². The number of carbonyl (C=O) groups is 2. The molecule has 0 radical (unpaired) electrons. The van der Waals surface area contributed by atoms with E-state index in [9.17, 15) is 9.59 Å². The summed E-state index contributed by atoms with van der Waals surface area (Å²) >= 11 is 0. The largest absolute Gasteiger partial charge is 0.496 e. The SMILES string of the molecule is COc1ccccc1CNC(=O)C1c2ccccc2C(=O)N2CCc3ccccc3C12. The van der Waals surface area contributed by atoms with Gasteiger partial charge in [0.15, 0.2) is 0 Å². The molecule has 5 heteroatoms. The zero-order valence-corrected chi connectivity index (χ0v) is 17.4. The van der Waals surface area contributed by atoms with Gasteiger partial charge < -0.3 is 15.0 Å². The number of nitrogens with one attached hydrogen (secondary N) is 1. The smallest absolute Gasteiger partial charge is 0.254 e. The summed E-state index contributed by atoms with van der Waals surface area (Å²) in [6.07, 6.45) is 0.802. The van der Waals surface area contributed by atoms with Crippen molar-refractivity contribution in [3.8, 4) is 5.75 Å². The molecule has 0 aromatic heterocycles. The molecule has 0 aliphatic carbocycles. The minimum Gasteiger partial charge on any atom is -0.496 e. The van der Waals surface area contributed by atoms with E-state index in [4.69, 9.17) is 4.74 Å². The molecule has 5 nitrogen and oxygen atoms in total. The Morgan fingerprint density at radius 1 is 1.00 bits per heavy atom. The topological polar surface area (TPSA) is 58.6 Å². The van der Waals surface area contributed by atoms with Crippen LogP contribution < -0.4 is 10.1 Å². The van der Waals surface area contributed by atoms with E-state index in [1.807, 2.05) is 71.6 Å². The van der Waals surface area contributed by atoms with Gasteiger partial charge in [0.25, 0.3) is 5.91 Å². The number of para-hydroxylation sites is 1. The lowest BCUT2D eigenvalue weighted by molar-refractivity contribution is -0.124. The molecule has 156 valence electrons. The summed E-state index contributed by atoms with van der Waals surface area (Å²) in [5.41, 5.74) is 4.60. The summed E-state index contributed by atoms with van der Waals surface area (Å²) in [6, 6.07) is 23.0. The maximum absolute atomic E-state index is 13.6. The maximum Gasteiger partial charge on any atom is 0.254 e. The van der Waals surface area contributed by atoms with Crippen molar-refractivity contribution in [2.24, 2.45) is 0 Å². The number of rotatable bonds is 4. The molecule has 2 amide bonds. The van der Waals surface area contributed by atoms with Gasteiger partial charge in [-0.2, -0.15) is 0 Å². The molecule has 3 aromatic rings. The molecule has 1 N–H and O–H groups in total. The summed E-state index contributed by atoms with van der Waals surface area (Å²) in [4.78, 5) is 28.8. The Kier molecular flexibility index (Phi) is 4.94. The third-order valence-electron chi connectivity index (χ3n) is 6.36. The van der Waals surface area contributed by atoms with Gasteiger partial charge in [0.05, 0.1) is 19.1 Å².